The standard InChI is InChI=1S/C15H21N3O/c1-5-13-14(9-18(4)17-13)16-11(3)12-8-10(2)6-7-15(12)19/h6-9,11,16,19H,5H2,1-4H3. The fraction of sp³-hybridized carbons (Fsp3) is 0.400. The van der Waals surface area contributed by atoms with Crippen molar-refractivity contribution in [1.82, 2.24) is 9.78 Å². The molecule has 0 fully saturated rings. The second-order valence-electron chi connectivity index (χ2n) is 4.94. The summed E-state index contributed by atoms with van der Waals surface area (Å²) >= 11 is 0. The van der Waals surface area contributed by atoms with Gasteiger partial charge in [-0.3, -0.25) is 4.68 Å². The number of benzene rings is 1. The molecule has 1 aromatic carbocycles. The Morgan fingerprint density at radius 1 is 1.42 bits per heavy atom. The quantitative estimate of drug-likeness (QED) is 0.886. The Kier molecular flexibility index (Phi) is 3.79. The molecule has 1 heterocycles. The molecule has 19 heavy (non-hydrogen) atoms. The van der Waals surface area contributed by atoms with E-state index in [9.17, 15) is 5.11 Å². The molecule has 0 amide bonds. The Morgan fingerprint density at radius 3 is 2.84 bits per heavy atom. The smallest absolute Gasteiger partial charge is 0.120 e. The maximum atomic E-state index is 9.95. The lowest BCUT2D eigenvalue weighted by Crippen LogP contribution is -2.08. The van der Waals surface area contributed by atoms with Crippen LogP contribution in [0.25, 0.3) is 0 Å². The van der Waals surface area contributed by atoms with Crippen LogP contribution >= 0.6 is 0 Å². The molecule has 1 atom stereocenters. The summed E-state index contributed by atoms with van der Waals surface area (Å²) in [5, 5.41) is 17.8. The van der Waals surface area contributed by atoms with Crippen LogP contribution in [0.1, 0.15) is 36.7 Å². The van der Waals surface area contributed by atoms with Crippen LogP contribution in [0.5, 0.6) is 5.75 Å². The number of aromatic hydroxyl groups is 1. The Balaban J connectivity index is 2.25. The van der Waals surface area contributed by atoms with Gasteiger partial charge in [0.25, 0.3) is 0 Å². The molecule has 0 aliphatic rings. The van der Waals surface area contributed by atoms with Gasteiger partial charge in [0, 0.05) is 18.8 Å². The van der Waals surface area contributed by atoms with E-state index in [4.69, 9.17) is 0 Å². The van der Waals surface area contributed by atoms with Gasteiger partial charge in [-0.2, -0.15) is 5.10 Å². The molecule has 0 bridgehead atoms. The molecule has 1 unspecified atom stereocenters. The third-order valence-electron chi connectivity index (χ3n) is 3.26. The summed E-state index contributed by atoms with van der Waals surface area (Å²) in [6, 6.07) is 5.70. The maximum Gasteiger partial charge on any atom is 0.120 e. The highest BCUT2D eigenvalue weighted by Crippen LogP contribution is 2.28. The lowest BCUT2D eigenvalue weighted by Gasteiger charge is -2.17. The van der Waals surface area contributed by atoms with Crippen LogP contribution in [0, 0.1) is 6.92 Å². The summed E-state index contributed by atoms with van der Waals surface area (Å²) in [5.74, 6) is 0.326. The zero-order valence-electron chi connectivity index (χ0n) is 11.9. The van der Waals surface area contributed by atoms with Crippen molar-refractivity contribution in [3.63, 3.8) is 0 Å². The first-order valence-corrected chi connectivity index (χ1v) is 6.59. The molecule has 0 saturated heterocycles. The number of nitrogens with one attached hydrogen (secondary N) is 1. The summed E-state index contributed by atoms with van der Waals surface area (Å²) in [4.78, 5) is 0. The molecule has 0 aliphatic heterocycles. The summed E-state index contributed by atoms with van der Waals surface area (Å²) in [6.45, 7) is 6.15. The van der Waals surface area contributed by atoms with Gasteiger partial charge < -0.3 is 10.4 Å². The predicted molar refractivity (Wildman–Crippen MR) is 77.5 cm³/mol. The third kappa shape index (κ3) is 2.89. The number of hydrogen-bond acceptors (Lipinski definition) is 3. The van der Waals surface area contributed by atoms with Crippen LogP contribution < -0.4 is 5.32 Å². The molecule has 2 aromatic rings. The lowest BCUT2D eigenvalue weighted by molar-refractivity contribution is 0.465. The van der Waals surface area contributed by atoms with Crippen molar-refractivity contribution in [2.45, 2.75) is 33.2 Å². The molecule has 102 valence electrons. The van der Waals surface area contributed by atoms with E-state index in [-0.39, 0.29) is 6.04 Å². The minimum Gasteiger partial charge on any atom is -0.508 e. The Bertz CT molecular complexity index is 575. The highest BCUT2D eigenvalue weighted by Gasteiger charge is 2.13. The Morgan fingerprint density at radius 2 is 2.16 bits per heavy atom. The first-order valence-electron chi connectivity index (χ1n) is 6.59. The van der Waals surface area contributed by atoms with E-state index in [0.717, 1.165) is 28.9 Å². The van der Waals surface area contributed by atoms with Crippen molar-refractivity contribution in [3.05, 3.63) is 41.2 Å². The molecule has 4 heteroatoms. The van der Waals surface area contributed by atoms with E-state index in [0.29, 0.717) is 5.75 Å². The summed E-state index contributed by atoms with van der Waals surface area (Å²) in [6.07, 6.45) is 2.86. The minimum absolute atomic E-state index is 0.0365. The largest absolute Gasteiger partial charge is 0.508 e. The van der Waals surface area contributed by atoms with Gasteiger partial charge in [0.05, 0.1) is 17.4 Å². The molecule has 2 N–H and O–H groups in total. The van der Waals surface area contributed by atoms with Crippen LogP contribution in [0.15, 0.2) is 24.4 Å². The van der Waals surface area contributed by atoms with E-state index < -0.39 is 0 Å². The predicted octanol–water partition coefficient (Wildman–Crippen LogP) is 3.17. The zero-order valence-corrected chi connectivity index (χ0v) is 11.9. The van der Waals surface area contributed by atoms with Gasteiger partial charge >= 0.3 is 0 Å². The number of hydrogen-bond donors (Lipinski definition) is 2. The van der Waals surface area contributed by atoms with E-state index in [1.54, 1.807) is 6.07 Å². The second kappa shape index (κ2) is 5.34. The van der Waals surface area contributed by atoms with Gasteiger partial charge in [0.1, 0.15) is 5.75 Å². The fourth-order valence-electron chi connectivity index (χ4n) is 2.25. The normalized spacial score (nSPS) is 12.4. The average molecular weight is 259 g/mol. The molecule has 0 aliphatic carbocycles. The van der Waals surface area contributed by atoms with E-state index in [2.05, 4.69) is 17.3 Å². The first kappa shape index (κ1) is 13.5. The Labute approximate surface area is 114 Å². The van der Waals surface area contributed by atoms with Crippen molar-refractivity contribution in [3.8, 4) is 5.75 Å². The fourth-order valence-corrected chi connectivity index (χ4v) is 2.25. The van der Waals surface area contributed by atoms with Crippen molar-refractivity contribution in [2.75, 3.05) is 5.32 Å². The monoisotopic (exact) mass is 259 g/mol. The number of rotatable bonds is 4. The van der Waals surface area contributed by atoms with Gasteiger partial charge in [-0.25, -0.2) is 0 Å². The molecule has 0 radical (unpaired) electrons. The molecule has 1 aromatic heterocycles. The average Bonchev–Trinajstić information content (AvgIpc) is 2.72. The number of phenolic OH excluding ortho intramolecular Hbond substituents is 1. The van der Waals surface area contributed by atoms with Gasteiger partial charge in [-0.15, -0.1) is 0 Å². The number of nitrogens with zero attached hydrogens (tertiary/aromatic N) is 2. The van der Waals surface area contributed by atoms with Crippen molar-refractivity contribution in [1.29, 1.82) is 0 Å². The van der Waals surface area contributed by atoms with Crippen molar-refractivity contribution in [2.24, 2.45) is 7.05 Å². The Hall–Kier alpha value is -1.97. The minimum atomic E-state index is 0.0365. The van der Waals surface area contributed by atoms with E-state index >= 15 is 0 Å². The molecular weight excluding hydrogens is 238 g/mol. The van der Waals surface area contributed by atoms with Crippen LogP contribution in [-0.2, 0) is 13.5 Å². The van der Waals surface area contributed by atoms with Gasteiger partial charge in [-0.1, -0.05) is 24.6 Å². The third-order valence-corrected chi connectivity index (χ3v) is 3.26. The second-order valence-corrected chi connectivity index (χ2v) is 4.94. The number of aromatic nitrogens is 2. The summed E-state index contributed by atoms with van der Waals surface area (Å²) in [5.41, 5.74) is 4.12. The van der Waals surface area contributed by atoms with Crippen LogP contribution in [0.4, 0.5) is 5.69 Å². The van der Waals surface area contributed by atoms with Gasteiger partial charge in [0.15, 0.2) is 0 Å². The topological polar surface area (TPSA) is 50.1 Å². The molecule has 0 saturated carbocycles. The maximum absolute atomic E-state index is 9.95. The highest BCUT2D eigenvalue weighted by atomic mass is 16.3. The molecule has 2 rings (SSSR count). The van der Waals surface area contributed by atoms with E-state index in [1.165, 1.54) is 0 Å². The van der Waals surface area contributed by atoms with Gasteiger partial charge in [-0.05, 0) is 26.3 Å². The number of anilines is 1. The van der Waals surface area contributed by atoms with Crippen LogP contribution in [0.3, 0.4) is 0 Å². The number of phenols is 1. The number of aryl methyl sites for hydroxylation is 3. The highest BCUT2D eigenvalue weighted by molar-refractivity contribution is 5.50. The van der Waals surface area contributed by atoms with Crippen LogP contribution in [-0.4, -0.2) is 14.9 Å². The summed E-state index contributed by atoms with van der Waals surface area (Å²) < 4.78 is 1.81. The lowest BCUT2D eigenvalue weighted by atomic mass is 10.0. The van der Waals surface area contributed by atoms with Gasteiger partial charge in [0.2, 0.25) is 0 Å². The summed E-state index contributed by atoms with van der Waals surface area (Å²) in [7, 11) is 1.92. The van der Waals surface area contributed by atoms with E-state index in [1.807, 2.05) is 43.9 Å². The molecule has 0 spiro atoms. The van der Waals surface area contributed by atoms with Crippen molar-refractivity contribution < 1.29 is 5.11 Å². The first-order chi connectivity index (χ1) is 9.01. The molecule has 4 nitrogen and oxygen atoms in total. The SMILES string of the molecule is CCc1nn(C)cc1NC(C)c1cc(C)ccc1O. The molecular formula is C15H21N3O. The zero-order chi connectivity index (χ0) is 14.0. The van der Waals surface area contributed by atoms with Crippen molar-refractivity contribution >= 4 is 5.69 Å². The van der Waals surface area contributed by atoms with Crippen LogP contribution in [0.2, 0.25) is 0 Å².